The van der Waals surface area contributed by atoms with Crippen LogP contribution in [-0.4, -0.2) is 94.4 Å². The summed E-state index contributed by atoms with van der Waals surface area (Å²) in [6.45, 7) is 11.3. The van der Waals surface area contributed by atoms with Gasteiger partial charge >= 0.3 is 16.2 Å². The topological polar surface area (TPSA) is 204 Å². The predicted molar refractivity (Wildman–Crippen MR) is 159 cm³/mol. The van der Waals surface area contributed by atoms with Crippen molar-refractivity contribution in [3.05, 3.63) is 42.5 Å². The summed E-state index contributed by atoms with van der Waals surface area (Å²) in [5, 5.41) is 9.77. The Labute approximate surface area is 255 Å². The fourth-order valence-corrected chi connectivity index (χ4v) is 5.25. The van der Waals surface area contributed by atoms with Crippen molar-refractivity contribution in [2.75, 3.05) is 31.9 Å². The Morgan fingerprint density at radius 3 is 2.43 bits per heavy atom. The van der Waals surface area contributed by atoms with Gasteiger partial charge in [0, 0.05) is 13.0 Å². The molecule has 1 fully saturated rings. The third kappa shape index (κ3) is 8.58. The molecule has 0 aliphatic carbocycles. The lowest BCUT2D eigenvalue weighted by molar-refractivity contribution is -0.153. The Morgan fingerprint density at radius 2 is 1.82 bits per heavy atom. The third-order valence-corrected chi connectivity index (χ3v) is 7.84. The number of aromatic hydroxyl groups is 1. The molecule has 0 spiro atoms. The molecule has 17 heteroatoms. The van der Waals surface area contributed by atoms with Crippen LogP contribution in [0.4, 0.5) is 10.2 Å². The quantitative estimate of drug-likeness (QED) is 0.209. The zero-order chi connectivity index (χ0) is 32.4. The number of nitrogens with zero attached hydrogens (tertiary/aromatic N) is 5. The highest BCUT2D eigenvalue weighted by Gasteiger charge is 2.49. The normalized spacial score (nSPS) is 19.9. The number of halogens is 1. The summed E-state index contributed by atoms with van der Waals surface area (Å²) in [6, 6.07) is 5.35. The number of nitrogens with two attached hydrogens (primary N) is 1. The minimum Gasteiger partial charge on any atom is -0.507 e. The first-order valence-corrected chi connectivity index (χ1v) is 15.7. The van der Waals surface area contributed by atoms with E-state index in [0.717, 1.165) is 6.33 Å². The van der Waals surface area contributed by atoms with Gasteiger partial charge in [0.25, 0.3) is 5.91 Å². The summed E-state index contributed by atoms with van der Waals surface area (Å²) >= 11 is 0. The molecule has 5 N–H and O–H groups in total. The lowest BCUT2D eigenvalue weighted by Crippen LogP contribution is -2.46. The summed E-state index contributed by atoms with van der Waals surface area (Å²) in [4.78, 5) is 38.8. The third-order valence-electron chi connectivity index (χ3n) is 6.84. The Hall–Kier alpha value is -3.93. The Bertz CT molecular complexity index is 1510. The number of phenols is 1. The lowest BCUT2D eigenvalue weighted by Gasteiger charge is -2.20. The van der Waals surface area contributed by atoms with E-state index in [1.54, 1.807) is 11.6 Å². The Morgan fingerprint density at radius 1 is 1.14 bits per heavy atom. The number of hydrogen-bond acceptors (Lipinski definition) is 12. The van der Waals surface area contributed by atoms with E-state index in [1.807, 2.05) is 0 Å². The molecule has 0 unspecified atom stereocenters. The summed E-state index contributed by atoms with van der Waals surface area (Å²) in [5.41, 5.74) is 5.88. The van der Waals surface area contributed by atoms with Gasteiger partial charge < -0.3 is 25.2 Å². The lowest BCUT2D eigenvalue weighted by atomic mass is 10.1. The summed E-state index contributed by atoms with van der Waals surface area (Å²) in [7, 11) is -4.48. The molecule has 1 saturated heterocycles. The van der Waals surface area contributed by atoms with Crippen molar-refractivity contribution < 1.29 is 37.0 Å². The van der Waals surface area contributed by atoms with Gasteiger partial charge in [-0.3, -0.25) is 14.2 Å². The van der Waals surface area contributed by atoms with E-state index in [9.17, 15) is 23.1 Å². The number of benzene rings is 1. The van der Waals surface area contributed by atoms with E-state index >= 15 is 4.39 Å². The zero-order valence-corrected chi connectivity index (χ0v) is 25.8. The van der Waals surface area contributed by atoms with E-state index < -0.39 is 59.0 Å². The second-order valence-electron chi connectivity index (χ2n) is 9.72. The number of imidazole rings is 1. The minimum absolute atomic E-state index is 0.0146. The van der Waals surface area contributed by atoms with Gasteiger partial charge in [-0.05, 0) is 38.2 Å². The molecule has 4 rings (SSSR count). The molecule has 0 saturated carbocycles. The highest BCUT2D eigenvalue weighted by molar-refractivity contribution is 7.88. The highest BCUT2D eigenvalue weighted by Crippen LogP contribution is 2.36. The van der Waals surface area contributed by atoms with Gasteiger partial charge in [-0.2, -0.15) is 13.1 Å². The summed E-state index contributed by atoms with van der Waals surface area (Å²) < 4.78 is 56.7. The number of rotatable bonds is 12. The van der Waals surface area contributed by atoms with Gasteiger partial charge in [0.1, 0.15) is 23.7 Å². The number of carbonyl (C=O) groups is 2. The van der Waals surface area contributed by atoms with Crippen molar-refractivity contribution in [1.29, 1.82) is 0 Å². The molecule has 1 amide bonds. The molecular weight excluding hydrogens is 599 g/mol. The second-order valence-corrected chi connectivity index (χ2v) is 11.2. The molecule has 4 atom stereocenters. The van der Waals surface area contributed by atoms with Crippen LogP contribution < -0.4 is 15.2 Å². The molecule has 0 bridgehead atoms. The van der Waals surface area contributed by atoms with E-state index in [1.165, 1.54) is 54.8 Å². The van der Waals surface area contributed by atoms with Crippen molar-refractivity contribution in [2.45, 2.75) is 65.1 Å². The summed E-state index contributed by atoms with van der Waals surface area (Å²) in [5.74, 6) is -2.14. The van der Waals surface area contributed by atoms with Crippen molar-refractivity contribution in [1.82, 2.24) is 33.9 Å². The largest absolute Gasteiger partial charge is 0.507 e. The number of amides is 1. The number of aromatic nitrogens is 4. The highest BCUT2D eigenvalue weighted by atomic mass is 32.2. The molecule has 3 aromatic rings. The average molecular weight is 639 g/mol. The van der Waals surface area contributed by atoms with Crippen LogP contribution in [-0.2, 0) is 24.5 Å². The molecule has 1 aliphatic heterocycles. The smallest absolute Gasteiger partial charge is 0.306 e. The molecule has 15 nitrogen and oxygen atoms in total. The van der Waals surface area contributed by atoms with E-state index in [2.05, 4.69) is 45.3 Å². The monoisotopic (exact) mass is 638 g/mol. The van der Waals surface area contributed by atoms with Crippen molar-refractivity contribution in [3.63, 3.8) is 0 Å². The van der Waals surface area contributed by atoms with Gasteiger partial charge in [-0.15, -0.1) is 0 Å². The number of nitrogen functional groups attached to an aromatic ring is 1. The number of nitrogens with one attached hydrogen (secondary N) is 2. The molecule has 1 aliphatic rings. The van der Waals surface area contributed by atoms with Gasteiger partial charge in [-0.1, -0.05) is 39.8 Å². The Balaban J connectivity index is 0.000000676. The Kier molecular flexibility index (Phi) is 12.3. The van der Waals surface area contributed by atoms with E-state index in [0.29, 0.717) is 6.42 Å². The number of esters is 1. The van der Waals surface area contributed by atoms with E-state index in [4.69, 9.17) is 15.2 Å². The first-order valence-electron chi connectivity index (χ1n) is 14.2. The van der Waals surface area contributed by atoms with E-state index in [-0.39, 0.29) is 29.0 Å². The predicted octanol–water partition coefficient (Wildman–Crippen LogP) is 1.67. The number of hydrogen-bond donors (Lipinski definition) is 4. The fraction of sp³-hybridized carbons (Fsp3) is 0.519. The molecule has 0 radical (unpaired) electrons. The maximum absolute atomic E-state index is 15.6. The summed E-state index contributed by atoms with van der Waals surface area (Å²) in [6.07, 6.45) is -3.23. The molecule has 44 heavy (non-hydrogen) atoms. The number of fused-ring (bicyclic) bond motifs is 1. The number of carbonyl (C=O) groups excluding carboxylic acids is 2. The van der Waals surface area contributed by atoms with Crippen molar-refractivity contribution >= 4 is 39.1 Å². The van der Waals surface area contributed by atoms with Crippen LogP contribution in [0.5, 0.6) is 5.75 Å². The van der Waals surface area contributed by atoms with Crippen LogP contribution in [0.15, 0.2) is 36.9 Å². The number of alkyl halides is 1. The molecule has 242 valence electrons. The van der Waals surface area contributed by atoms with Crippen LogP contribution in [0.2, 0.25) is 0 Å². The van der Waals surface area contributed by atoms with Gasteiger partial charge in [0.05, 0.1) is 11.9 Å². The fourth-order valence-electron chi connectivity index (χ4n) is 4.44. The van der Waals surface area contributed by atoms with Gasteiger partial charge in [-0.25, -0.2) is 24.1 Å². The van der Waals surface area contributed by atoms with Gasteiger partial charge in [0.15, 0.2) is 30.0 Å². The maximum Gasteiger partial charge on any atom is 0.306 e. The molecular formula is C27H39FN8O7S. The van der Waals surface area contributed by atoms with Crippen LogP contribution >= 0.6 is 0 Å². The first kappa shape index (κ1) is 34.6. The van der Waals surface area contributed by atoms with Gasteiger partial charge in [0.2, 0.25) is 0 Å². The first-order chi connectivity index (χ1) is 21.0. The van der Waals surface area contributed by atoms with Crippen molar-refractivity contribution in [3.8, 4) is 5.75 Å². The van der Waals surface area contributed by atoms with Crippen LogP contribution in [0.3, 0.4) is 0 Å². The van der Waals surface area contributed by atoms with Crippen molar-refractivity contribution in [2.24, 2.45) is 0 Å². The maximum atomic E-state index is 15.6. The van der Waals surface area contributed by atoms with Crippen LogP contribution in [0.25, 0.3) is 11.2 Å². The number of phenolic OH excluding ortho intramolecular Hbond substituents is 1. The molecule has 1 aromatic carbocycles. The number of para-hydroxylation sites is 1. The molecule has 3 heterocycles. The zero-order valence-electron chi connectivity index (χ0n) is 25.0. The van der Waals surface area contributed by atoms with Crippen LogP contribution in [0.1, 0.15) is 57.1 Å². The molecule has 2 aromatic heterocycles. The second kappa shape index (κ2) is 15.7. The SMILES string of the molecule is CCCC(=O)O[C@H]1[C@@H](F)[C@H](n2cnc3c(N)ncnc32)O[C@@H]1CNS(=O)(=O)NC(=O)c1ccccc1O.CCN(CC)CC. The number of anilines is 1. The van der Waals surface area contributed by atoms with Crippen LogP contribution in [0, 0.1) is 0 Å². The number of ether oxygens (including phenoxy) is 2. The minimum atomic E-state index is -4.48. The standard InChI is InChI=1S/C21H24FN7O7S.C6H15N/c1-2-5-14(31)36-17-13(8-27-37(33,34)28-20(32)11-6-3-4-7-12(11)30)35-21(15(17)22)29-10-26-16-18(23)24-9-25-19(16)29;1-4-7(5-2)6-3/h3-4,6-7,9-10,13,15,17,21,27,30H,2,5,8H2,1H3,(H,28,32)(H2,23,24,25);4-6H2,1-3H3/t13-,15-,17-,21-;/m1./s1. The average Bonchev–Trinajstić information content (AvgIpc) is 3.55.